The first-order chi connectivity index (χ1) is 13.1. The Bertz CT molecular complexity index is 788. The van der Waals surface area contributed by atoms with Gasteiger partial charge >= 0.3 is 6.09 Å². The quantitative estimate of drug-likeness (QED) is 0.878. The van der Waals surface area contributed by atoms with E-state index in [1.165, 1.54) is 0 Å². The molecule has 1 aliphatic rings. The summed E-state index contributed by atoms with van der Waals surface area (Å²) in [5.74, 6) is 0.344. The lowest BCUT2D eigenvalue weighted by atomic mass is 9.97. The van der Waals surface area contributed by atoms with Crippen molar-refractivity contribution in [3.63, 3.8) is 0 Å². The summed E-state index contributed by atoms with van der Waals surface area (Å²) in [6.07, 6.45) is 1.20. The number of anilines is 1. The molecule has 144 valence electrons. The van der Waals surface area contributed by atoms with Gasteiger partial charge < -0.3 is 15.0 Å². The number of hydrogen-bond donors (Lipinski definition) is 1. The van der Waals surface area contributed by atoms with Crippen LogP contribution in [0.3, 0.4) is 0 Å². The second kappa shape index (κ2) is 8.70. The Morgan fingerprint density at radius 3 is 2.81 bits per heavy atom. The number of carbonyl (C=O) groups excluding carboxylic acids is 2. The van der Waals surface area contributed by atoms with E-state index < -0.39 is 0 Å². The Labute approximate surface area is 159 Å². The van der Waals surface area contributed by atoms with Crippen molar-refractivity contribution in [2.24, 2.45) is 5.92 Å². The molecule has 7 heteroatoms. The summed E-state index contributed by atoms with van der Waals surface area (Å²) in [6.45, 7) is 5.63. The third-order valence-electron chi connectivity index (χ3n) is 4.65. The number of nitrogens with zero attached hydrogens (tertiary/aromatic N) is 3. The van der Waals surface area contributed by atoms with E-state index in [1.54, 1.807) is 16.5 Å². The third kappa shape index (κ3) is 4.87. The molecule has 27 heavy (non-hydrogen) atoms. The lowest BCUT2D eigenvalue weighted by Gasteiger charge is -2.31. The average Bonchev–Trinajstić information content (AvgIpc) is 3.01. The molecule has 0 bridgehead atoms. The molecule has 1 saturated heterocycles. The van der Waals surface area contributed by atoms with E-state index in [-0.39, 0.29) is 17.9 Å². The number of amides is 2. The van der Waals surface area contributed by atoms with Gasteiger partial charge in [0.25, 0.3) is 0 Å². The second-order valence-corrected chi connectivity index (χ2v) is 6.79. The van der Waals surface area contributed by atoms with Crippen molar-refractivity contribution in [3.05, 3.63) is 47.7 Å². The minimum atomic E-state index is -0.347. The molecule has 0 saturated carbocycles. The fourth-order valence-corrected chi connectivity index (χ4v) is 3.32. The normalized spacial score (nSPS) is 16.8. The zero-order valence-electron chi connectivity index (χ0n) is 15.9. The number of likely N-dealkylation sites (tertiary alicyclic amines) is 1. The predicted octanol–water partition coefficient (Wildman–Crippen LogP) is 3.05. The predicted molar refractivity (Wildman–Crippen MR) is 102 cm³/mol. The monoisotopic (exact) mass is 370 g/mol. The van der Waals surface area contributed by atoms with Gasteiger partial charge in [0, 0.05) is 19.2 Å². The van der Waals surface area contributed by atoms with Gasteiger partial charge in [0.05, 0.1) is 24.8 Å². The van der Waals surface area contributed by atoms with Crippen LogP contribution in [0.4, 0.5) is 10.6 Å². The van der Waals surface area contributed by atoms with Gasteiger partial charge in [0.2, 0.25) is 5.91 Å². The lowest BCUT2D eigenvalue weighted by Crippen LogP contribution is -2.44. The lowest BCUT2D eigenvalue weighted by molar-refractivity contribution is -0.121. The van der Waals surface area contributed by atoms with E-state index in [4.69, 9.17) is 4.74 Å². The van der Waals surface area contributed by atoms with Crippen LogP contribution >= 0.6 is 0 Å². The number of hydrogen-bond acceptors (Lipinski definition) is 4. The summed E-state index contributed by atoms with van der Waals surface area (Å²) < 4.78 is 6.86. The zero-order valence-corrected chi connectivity index (χ0v) is 15.9. The standard InChI is InChI=1S/C20H26N4O3/c1-3-27-20(26)23-11-7-10-17(14-23)19(25)21-18-12-15(2)22-24(18)13-16-8-5-4-6-9-16/h4-6,8-9,12,17H,3,7,10-11,13-14H2,1-2H3,(H,21,25)/t17-/m0/s1. The van der Waals surface area contributed by atoms with Crippen LogP contribution in [0.5, 0.6) is 0 Å². The molecule has 0 unspecified atom stereocenters. The van der Waals surface area contributed by atoms with E-state index in [0.717, 1.165) is 24.1 Å². The number of aryl methyl sites for hydroxylation is 1. The van der Waals surface area contributed by atoms with Crippen molar-refractivity contribution in [3.8, 4) is 0 Å². The Kier molecular flexibility index (Phi) is 6.11. The first-order valence-electron chi connectivity index (χ1n) is 9.37. The van der Waals surface area contributed by atoms with Crippen molar-refractivity contribution in [2.75, 3.05) is 25.0 Å². The van der Waals surface area contributed by atoms with E-state index in [0.29, 0.717) is 32.1 Å². The van der Waals surface area contributed by atoms with Crippen LogP contribution in [0.15, 0.2) is 36.4 Å². The van der Waals surface area contributed by atoms with Crippen molar-refractivity contribution in [2.45, 2.75) is 33.2 Å². The topological polar surface area (TPSA) is 76.5 Å². The summed E-state index contributed by atoms with van der Waals surface area (Å²) in [4.78, 5) is 26.3. The van der Waals surface area contributed by atoms with Gasteiger partial charge in [-0.25, -0.2) is 9.48 Å². The minimum Gasteiger partial charge on any atom is -0.450 e. The molecule has 1 atom stereocenters. The first-order valence-corrected chi connectivity index (χ1v) is 9.37. The zero-order chi connectivity index (χ0) is 19.2. The molecule has 1 aromatic carbocycles. The highest BCUT2D eigenvalue weighted by Gasteiger charge is 2.29. The number of benzene rings is 1. The van der Waals surface area contributed by atoms with Gasteiger partial charge in [-0.05, 0) is 32.3 Å². The molecular weight excluding hydrogens is 344 g/mol. The number of ether oxygens (including phenoxy) is 1. The van der Waals surface area contributed by atoms with Crippen LogP contribution in [0.25, 0.3) is 0 Å². The van der Waals surface area contributed by atoms with Crippen molar-refractivity contribution in [1.29, 1.82) is 0 Å². The number of nitrogens with one attached hydrogen (secondary N) is 1. The van der Waals surface area contributed by atoms with Crippen molar-refractivity contribution in [1.82, 2.24) is 14.7 Å². The SMILES string of the molecule is CCOC(=O)N1CCC[C@H](C(=O)Nc2cc(C)nn2Cc2ccccc2)C1. The second-order valence-electron chi connectivity index (χ2n) is 6.79. The largest absolute Gasteiger partial charge is 0.450 e. The first kappa shape index (κ1) is 18.9. The van der Waals surface area contributed by atoms with Crippen LogP contribution in [0.1, 0.15) is 31.0 Å². The van der Waals surface area contributed by atoms with Crippen LogP contribution in [0.2, 0.25) is 0 Å². The van der Waals surface area contributed by atoms with Gasteiger partial charge in [-0.2, -0.15) is 5.10 Å². The number of aromatic nitrogens is 2. The van der Waals surface area contributed by atoms with E-state index in [9.17, 15) is 9.59 Å². The van der Waals surface area contributed by atoms with Crippen LogP contribution in [-0.2, 0) is 16.1 Å². The fourth-order valence-electron chi connectivity index (χ4n) is 3.32. The molecule has 0 spiro atoms. The Hall–Kier alpha value is -2.83. The minimum absolute atomic E-state index is 0.0850. The maximum absolute atomic E-state index is 12.8. The summed E-state index contributed by atoms with van der Waals surface area (Å²) in [6, 6.07) is 11.9. The Balaban J connectivity index is 1.66. The molecule has 1 aliphatic heterocycles. The number of carbonyl (C=O) groups is 2. The Morgan fingerprint density at radius 2 is 2.07 bits per heavy atom. The summed E-state index contributed by atoms with van der Waals surface area (Å²) in [5.41, 5.74) is 1.96. The van der Waals surface area contributed by atoms with Crippen LogP contribution in [0, 0.1) is 12.8 Å². The highest BCUT2D eigenvalue weighted by molar-refractivity contribution is 5.92. The molecule has 1 aromatic heterocycles. The van der Waals surface area contributed by atoms with Crippen molar-refractivity contribution < 1.29 is 14.3 Å². The molecule has 2 heterocycles. The molecule has 0 aliphatic carbocycles. The molecule has 1 fully saturated rings. The van der Waals surface area contributed by atoms with Gasteiger partial charge in [0.1, 0.15) is 5.82 Å². The van der Waals surface area contributed by atoms with Gasteiger partial charge in [-0.15, -0.1) is 0 Å². The number of piperidine rings is 1. The maximum atomic E-state index is 12.8. The maximum Gasteiger partial charge on any atom is 0.409 e. The number of rotatable bonds is 5. The molecule has 2 amide bonds. The third-order valence-corrected chi connectivity index (χ3v) is 4.65. The van der Waals surface area contributed by atoms with Gasteiger partial charge in [-0.3, -0.25) is 4.79 Å². The van der Waals surface area contributed by atoms with E-state index >= 15 is 0 Å². The summed E-state index contributed by atoms with van der Waals surface area (Å²) >= 11 is 0. The average molecular weight is 370 g/mol. The molecule has 3 rings (SSSR count). The molecule has 0 radical (unpaired) electrons. The Morgan fingerprint density at radius 1 is 1.30 bits per heavy atom. The summed E-state index contributed by atoms with van der Waals surface area (Å²) in [7, 11) is 0. The fraction of sp³-hybridized carbons (Fsp3) is 0.450. The summed E-state index contributed by atoms with van der Waals surface area (Å²) in [5, 5.41) is 7.48. The molecule has 2 aromatic rings. The van der Waals surface area contributed by atoms with E-state index in [1.807, 2.05) is 43.3 Å². The highest BCUT2D eigenvalue weighted by Crippen LogP contribution is 2.20. The van der Waals surface area contributed by atoms with E-state index in [2.05, 4.69) is 10.4 Å². The molecule has 1 N–H and O–H groups in total. The molecular formula is C20H26N4O3. The van der Waals surface area contributed by atoms with Crippen LogP contribution in [-0.4, -0.2) is 46.4 Å². The highest BCUT2D eigenvalue weighted by atomic mass is 16.6. The smallest absolute Gasteiger partial charge is 0.409 e. The van der Waals surface area contributed by atoms with Gasteiger partial charge in [0.15, 0.2) is 0 Å². The molecule has 7 nitrogen and oxygen atoms in total. The van der Waals surface area contributed by atoms with Crippen molar-refractivity contribution >= 4 is 17.8 Å². The van der Waals surface area contributed by atoms with Gasteiger partial charge in [-0.1, -0.05) is 30.3 Å². The van der Waals surface area contributed by atoms with Crippen LogP contribution < -0.4 is 5.32 Å².